The van der Waals surface area contributed by atoms with Gasteiger partial charge >= 0.3 is 18.3 Å². The van der Waals surface area contributed by atoms with Crippen LogP contribution in [0.3, 0.4) is 0 Å². The first kappa shape index (κ1) is 32.2. The second kappa shape index (κ2) is 14.0. The lowest BCUT2D eigenvalue weighted by Gasteiger charge is -2.25. The van der Waals surface area contributed by atoms with Gasteiger partial charge in [-0.25, -0.2) is 4.98 Å². The van der Waals surface area contributed by atoms with Crippen LogP contribution in [0.5, 0.6) is 11.6 Å². The molecule has 0 aliphatic heterocycles. The predicted octanol–water partition coefficient (Wildman–Crippen LogP) is 5.74. The van der Waals surface area contributed by atoms with Gasteiger partial charge in [0.25, 0.3) is 5.91 Å². The number of carbonyl (C=O) groups excluding carboxylic acids is 2. The van der Waals surface area contributed by atoms with Crippen molar-refractivity contribution in [2.75, 3.05) is 13.2 Å². The summed E-state index contributed by atoms with van der Waals surface area (Å²) in [5.74, 6) is -1.46. The number of allylic oxidation sites excluding steroid dienone is 2. The molecule has 42 heavy (non-hydrogen) atoms. The maximum atomic E-state index is 13.2. The fourth-order valence-electron chi connectivity index (χ4n) is 3.99. The van der Waals surface area contributed by atoms with E-state index in [1.54, 1.807) is 31.2 Å². The highest BCUT2D eigenvalue weighted by Gasteiger charge is 2.36. The van der Waals surface area contributed by atoms with Gasteiger partial charge in [0.1, 0.15) is 18.0 Å². The van der Waals surface area contributed by atoms with Crippen molar-refractivity contribution in [3.05, 3.63) is 70.6 Å². The number of rotatable bonds is 9. The highest BCUT2D eigenvalue weighted by atomic mass is 19.4. The van der Waals surface area contributed by atoms with Gasteiger partial charge in [0.05, 0.1) is 17.7 Å². The second-order valence-electron chi connectivity index (χ2n) is 9.21. The minimum absolute atomic E-state index is 0.00503. The van der Waals surface area contributed by atoms with E-state index in [0.29, 0.717) is 43.8 Å². The summed E-state index contributed by atoms with van der Waals surface area (Å²) in [4.78, 5) is 31.4. The lowest BCUT2D eigenvalue weighted by molar-refractivity contribution is -0.141. The number of alkyl halides is 6. The Morgan fingerprint density at radius 1 is 1.12 bits per heavy atom. The van der Waals surface area contributed by atoms with E-state index < -0.39 is 53.6 Å². The second-order valence-corrected chi connectivity index (χ2v) is 9.21. The third kappa shape index (κ3) is 9.63. The van der Waals surface area contributed by atoms with Gasteiger partial charge in [-0.1, -0.05) is 23.8 Å². The molecule has 14 heteroatoms. The summed E-state index contributed by atoms with van der Waals surface area (Å²) in [6, 6.07) is 8.40. The molecule has 1 aromatic heterocycles. The Hall–Kier alpha value is -4.36. The van der Waals surface area contributed by atoms with E-state index in [-0.39, 0.29) is 12.5 Å². The zero-order valence-electron chi connectivity index (χ0n) is 22.4. The van der Waals surface area contributed by atoms with Crippen molar-refractivity contribution in [1.82, 2.24) is 10.3 Å². The van der Waals surface area contributed by atoms with Crippen LogP contribution in [0.4, 0.5) is 26.3 Å². The average Bonchev–Trinajstić information content (AvgIpc) is 2.91. The normalized spacial score (nSPS) is 16.5. The van der Waals surface area contributed by atoms with Crippen molar-refractivity contribution in [1.29, 1.82) is 0 Å². The molecule has 8 nitrogen and oxygen atoms in total. The Bertz CT molecular complexity index is 1340. The van der Waals surface area contributed by atoms with Crippen LogP contribution in [0, 0.1) is 0 Å². The first-order valence-electron chi connectivity index (χ1n) is 12.8. The average molecular weight is 599 g/mol. The molecule has 1 saturated carbocycles. The van der Waals surface area contributed by atoms with Crippen molar-refractivity contribution in [3.8, 4) is 11.6 Å². The molecule has 2 aromatic rings. The number of hydrogen-bond acceptors (Lipinski definition) is 7. The lowest BCUT2D eigenvalue weighted by atomic mass is 9.89. The summed E-state index contributed by atoms with van der Waals surface area (Å²) in [6.45, 7) is 1.06. The van der Waals surface area contributed by atoms with Gasteiger partial charge in [0.15, 0.2) is 0 Å². The van der Waals surface area contributed by atoms with Gasteiger partial charge < -0.3 is 20.5 Å². The molecule has 1 amide bonds. The Morgan fingerprint density at radius 2 is 1.83 bits per heavy atom. The highest BCUT2D eigenvalue weighted by molar-refractivity contribution is 6.13. The van der Waals surface area contributed by atoms with Crippen LogP contribution in [0.15, 0.2) is 64.4 Å². The molecule has 1 heterocycles. The maximum absolute atomic E-state index is 13.2. The van der Waals surface area contributed by atoms with Crippen LogP contribution in [0.1, 0.15) is 43.7 Å². The van der Waals surface area contributed by atoms with Crippen LogP contribution in [0.2, 0.25) is 0 Å². The molecule has 1 aliphatic rings. The summed E-state index contributed by atoms with van der Waals surface area (Å²) < 4.78 is 88.1. The van der Waals surface area contributed by atoms with E-state index >= 15 is 0 Å². The molecule has 1 aromatic carbocycles. The summed E-state index contributed by atoms with van der Waals surface area (Å²) in [6.07, 6.45) is -4.29. The standard InChI is InChI=1S/C28H28F6N4O4/c1-2-41-24(39)16-36-15-22(25(35)28(32,33)34)26(40)38-20-9-6-17(7-10-20)12-18-4-3-5-21(13-18)42-23-11-8-19(14-37-23)27(29,30)31/h3-5,8,11-15,20H,2,6-7,9-10,16,35H2,1H3,(H,38,40)/b17-12?,25-22+,36-15?. The molecule has 0 radical (unpaired) electrons. The Morgan fingerprint density at radius 3 is 2.43 bits per heavy atom. The van der Waals surface area contributed by atoms with E-state index in [1.165, 1.54) is 0 Å². The number of hydrogen-bond donors (Lipinski definition) is 2. The molecule has 0 bridgehead atoms. The number of aliphatic imine (C=N–C) groups is 1. The SMILES string of the molecule is CCOC(=O)CN=C/C(C(=O)NC1CCC(=Cc2cccc(Oc3ccc(C(F)(F)F)cn3)c2)CC1)=C(\N)C(F)(F)F. The minimum atomic E-state index is -4.98. The number of aromatic nitrogens is 1. The molecular formula is C28H28F6N4O4. The molecule has 1 aliphatic carbocycles. The monoisotopic (exact) mass is 598 g/mol. The van der Waals surface area contributed by atoms with Crippen molar-refractivity contribution < 1.29 is 45.4 Å². The van der Waals surface area contributed by atoms with E-state index in [9.17, 15) is 35.9 Å². The van der Waals surface area contributed by atoms with Gasteiger partial charge in [0, 0.05) is 24.5 Å². The quantitative estimate of drug-likeness (QED) is 0.165. The van der Waals surface area contributed by atoms with Crippen molar-refractivity contribution in [2.24, 2.45) is 10.7 Å². The molecule has 0 saturated heterocycles. The number of nitrogens with one attached hydrogen (secondary N) is 1. The Balaban J connectivity index is 1.61. The van der Waals surface area contributed by atoms with E-state index in [4.69, 9.17) is 10.5 Å². The third-order valence-corrected chi connectivity index (χ3v) is 6.06. The largest absolute Gasteiger partial charge is 0.465 e. The third-order valence-electron chi connectivity index (χ3n) is 6.06. The van der Waals surface area contributed by atoms with Gasteiger partial charge in [-0.3, -0.25) is 14.6 Å². The number of halogens is 6. The van der Waals surface area contributed by atoms with Gasteiger partial charge in [-0.05, 0) is 56.4 Å². The lowest BCUT2D eigenvalue weighted by Crippen LogP contribution is -2.39. The Labute approximate surface area is 237 Å². The smallest absolute Gasteiger partial charge is 0.431 e. The maximum Gasteiger partial charge on any atom is 0.431 e. The fourth-order valence-corrected chi connectivity index (χ4v) is 3.99. The summed E-state index contributed by atoms with van der Waals surface area (Å²) in [5, 5.41) is 2.56. The predicted molar refractivity (Wildman–Crippen MR) is 141 cm³/mol. The highest BCUT2D eigenvalue weighted by Crippen LogP contribution is 2.31. The van der Waals surface area contributed by atoms with Gasteiger partial charge in [-0.15, -0.1) is 0 Å². The number of pyridine rings is 1. The molecule has 0 unspecified atom stereocenters. The molecule has 0 atom stereocenters. The topological polar surface area (TPSA) is 116 Å². The number of esters is 1. The van der Waals surface area contributed by atoms with Crippen molar-refractivity contribution in [3.63, 3.8) is 0 Å². The Kier molecular flexibility index (Phi) is 10.7. The van der Waals surface area contributed by atoms with Crippen molar-refractivity contribution >= 4 is 24.2 Å². The number of benzene rings is 1. The number of amides is 1. The van der Waals surface area contributed by atoms with Crippen LogP contribution < -0.4 is 15.8 Å². The summed E-state index contributed by atoms with van der Waals surface area (Å²) in [7, 11) is 0. The van der Waals surface area contributed by atoms with Crippen molar-refractivity contribution in [2.45, 2.75) is 51.0 Å². The number of ether oxygens (including phenoxy) is 2. The fraction of sp³-hybridized carbons (Fsp3) is 0.357. The zero-order chi connectivity index (χ0) is 30.9. The van der Waals surface area contributed by atoms with Crippen LogP contribution in [-0.4, -0.2) is 48.4 Å². The molecule has 1 fully saturated rings. The summed E-state index contributed by atoms with van der Waals surface area (Å²) >= 11 is 0. The molecule has 3 N–H and O–H groups in total. The first-order valence-corrected chi connectivity index (χ1v) is 12.8. The summed E-state index contributed by atoms with van der Waals surface area (Å²) in [5.41, 5.74) is 3.56. The molecule has 0 spiro atoms. The van der Waals surface area contributed by atoms with E-state index in [1.807, 2.05) is 6.08 Å². The van der Waals surface area contributed by atoms with Gasteiger partial charge in [0.2, 0.25) is 5.88 Å². The van der Waals surface area contributed by atoms with Crippen LogP contribution >= 0.6 is 0 Å². The molecule has 3 rings (SSSR count). The molecular weight excluding hydrogens is 570 g/mol. The zero-order valence-corrected chi connectivity index (χ0v) is 22.4. The number of nitrogens with zero attached hydrogens (tertiary/aromatic N) is 2. The van der Waals surface area contributed by atoms with Crippen LogP contribution in [0.25, 0.3) is 6.08 Å². The molecule has 226 valence electrons. The number of carbonyl (C=O) groups is 2. The first-order chi connectivity index (χ1) is 19.8. The number of nitrogens with two attached hydrogens (primary N) is 1. The van der Waals surface area contributed by atoms with Crippen LogP contribution in [-0.2, 0) is 20.5 Å². The minimum Gasteiger partial charge on any atom is -0.465 e. The van der Waals surface area contributed by atoms with E-state index in [2.05, 4.69) is 20.0 Å². The van der Waals surface area contributed by atoms with E-state index in [0.717, 1.165) is 23.3 Å². The van der Waals surface area contributed by atoms with Gasteiger partial charge in [-0.2, -0.15) is 26.3 Å².